The van der Waals surface area contributed by atoms with Crippen LogP contribution in [0.25, 0.3) is 11.3 Å². The molecule has 0 aliphatic heterocycles. The maximum absolute atomic E-state index is 5.97. The second kappa shape index (κ2) is 4.49. The Labute approximate surface area is 101 Å². The fraction of sp³-hybridized carbons (Fsp3) is 0.308. The van der Waals surface area contributed by atoms with Crippen molar-refractivity contribution in [2.75, 3.05) is 12.8 Å². The number of methoxy groups -OCH3 is 1. The summed E-state index contributed by atoms with van der Waals surface area (Å²) in [5.41, 5.74) is 8.49. The molecule has 2 rings (SSSR count). The molecule has 0 spiro atoms. The van der Waals surface area contributed by atoms with E-state index in [1.807, 2.05) is 35.1 Å². The van der Waals surface area contributed by atoms with Crippen LogP contribution in [0.1, 0.15) is 19.9 Å². The molecular formula is C13H17N3O. The molecule has 0 saturated carbocycles. The van der Waals surface area contributed by atoms with Crippen LogP contribution in [0.15, 0.2) is 30.5 Å². The van der Waals surface area contributed by atoms with Gasteiger partial charge in [0, 0.05) is 17.8 Å². The number of nitrogens with zero attached hydrogens (tertiary/aromatic N) is 2. The van der Waals surface area contributed by atoms with E-state index in [-0.39, 0.29) is 0 Å². The van der Waals surface area contributed by atoms with E-state index in [2.05, 4.69) is 18.9 Å². The summed E-state index contributed by atoms with van der Waals surface area (Å²) in [5, 5.41) is 4.49. The molecular weight excluding hydrogens is 214 g/mol. The topological polar surface area (TPSA) is 53.1 Å². The molecule has 1 aromatic carbocycles. The number of hydrogen-bond acceptors (Lipinski definition) is 3. The summed E-state index contributed by atoms with van der Waals surface area (Å²) < 4.78 is 6.99. The second-order valence-electron chi connectivity index (χ2n) is 4.24. The average molecular weight is 231 g/mol. The van der Waals surface area contributed by atoms with Crippen molar-refractivity contribution in [3.63, 3.8) is 0 Å². The van der Waals surface area contributed by atoms with Crippen molar-refractivity contribution in [1.82, 2.24) is 9.78 Å². The third-order valence-corrected chi connectivity index (χ3v) is 2.65. The van der Waals surface area contributed by atoms with Gasteiger partial charge in [0.1, 0.15) is 11.4 Å². The summed E-state index contributed by atoms with van der Waals surface area (Å²) in [6, 6.07) is 8.04. The third-order valence-electron chi connectivity index (χ3n) is 2.65. The molecule has 0 aliphatic rings. The van der Waals surface area contributed by atoms with Gasteiger partial charge in [-0.15, -0.1) is 0 Å². The monoisotopic (exact) mass is 231 g/mol. The summed E-state index contributed by atoms with van der Waals surface area (Å²) >= 11 is 0. The van der Waals surface area contributed by atoms with Crippen LogP contribution in [0.4, 0.5) is 5.69 Å². The Morgan fingerprint density at radius 2 is 1.88 bits per heavy atom. The van der Waals surface area contributed by atoms with Gasteiger partial charge in [-0.3, -0.25) is 4.68 Å². The fourth-order valence-electron chi connectivity index (χ4n) is 1.64. The number of nitrogen functional groups attached to an aromatic ring is 1. The van der Waals surface area contributed by atoms with Gasteiger partial charge < -0.3 is 10.5 Å². The minimum absolute atomic E-state index is 0.310. The van der Waals surface area contributed by atoms with E-state index >= 15 is 0 Å². The SMILES string of the molecule is COc1ccc(-c2nn(C(C)C)cc2N)cc1. The van der Waals surface area contributed by atoms with Gasteiger partial charge in [-0.25, -0.2) is 0 Å². The van der Waals surface area contributed by atoms with E-state index in [9.17, 15) is 0 Å². The van der Waals surface area contributed by atoms with E-state index < -0.39 is 0 Å². The lowest BCUT2D eigenvalue weighted by Crippen LogP contribution is -2.00. The molecule has 0 unspecified atom stereocenters. The summed E-state index contributed by atoms with van der Waals surface area (Å²) in [6.45, 7) is 4.15. The van der Waals surface area contributed by atoms with Crippen molar-refractivity contribution in [3.05, 3.63) is 30.5 Å². The van der Waals surface area contributed by atoms with Gasteiger partial charge in [0.25, 0.3) is 0 Å². The molecule has 0 radical (unpaired) electrons. The first-order valence-electron chi connectivity index (χ1n) is 5.61. The van der Waals surface area contributed by atoms with Gasteiger partial charge in [0.05, 0.1) is 12.8 Å². The van der Waals surface area contributed by atoms with Crippen LogP contribution < -0.4 is 10.5 Å². The van der Waals surface area contributed by atoms with E-state index in [1.165, 1.54) is 0 Å². The standard InChI is InChI=1S/C13H17N3O/c1-9(2)16-8-12(14)13(15-16)10-4-6-11(17-3)7-5-10/h4-9H,14H2,1-3H3. The van der Waals surface area contributed by atoms with Crippen molar-refractivity contribution in [2.24, 2.45) is 0 Å². The normalized spacial score (nSPS) is 10.8. The van der Waals surface area contributed by atoms with Crippen LogP contribution in [-0.2, 0) is 0 Å². The molecule has 90 valence electrons. The number of hydrogen-bond donors (Lipinski definition) is 1. The van der Waals surface area contributed by atoms with Gasteiger partial charge in [0.2, 0.25) is 0 Å². The van der Waals surface area contributed by atoms with Crippen molar-refractivity contribution in [2.45, 2.75) is 19.9 Å². The summed E-state index contributed by atoms with van der Waals surface area (Å²) in [4.78, 5) is 0. The van der Waals surface area contributed by atoms with E-state index in [1.54, 1.807) is 7.11 Å². The van der Waals surface area contributed by atoms with Gasteiger partial charge >= 0.3 is 0 Å². The number of ether oxygens (including phenoxy) is 1. The van der Waals surface area contributed by atoms with E-state index in [0.29, 0.717) is 11.7 Å². The van der Waals surface area contributed by atoms with Gasteiger partial charge in [-0.05, 0) is 38.1 Å². The highest BCUT2D eigenvalue weighted by molar-refractivity contribution is 5.72. The zero-order chi connectivity index (χ0) is 12.4. The van der Waals surface area contributed by atoms with E-state index in [4.69, 9.17) is 10.5 Å². The molecule has 2 N–H and O–H groups in total. The predicted molar refractivity (Wildman–Crippen MR) is 69.0 cm³/mol. The Hall–Kier alpha value is -1.97. The van der Waals surface area contributed by atoms with Crippen LogP contribution in [0.2, 0.25) is 0 Å². The summed E-state index contributed by atoms with van der Waals surface area (Å²) in [6.07, 6.45) is 1.87. The molecule has 0 atom stereocenters. The van der Waals surface area contributed by atoms with Gasteiger partial charge in [0.15, 0.2) is 0 Å². The molecule has 0 fully saturated rings. The lowest BCUT2D eigenvalue weighted by Gasteiger charge is -2.04. The Kier molecular flexibility index (Phi) is 3.04. The van der Waals surface area contributed by atoms with Crippen LogP contribution in [0.3, 0.4) is 0 Å². The molecule has 1 aromatic heterocycles. The summed E-state index contributed by atoms with van der Waals surface area (Å²) in [5.74, 6) is 0.829. The Morgan fingerprint density at radius 1 is 1.24 bits per heavy atom. The highest BCUT2D eigenvalue weighted by Crippen LogP contribution is 2.26. The molecule has 0 bridgehead atoms. The maximum Gasteiger partial charge on any atom is 0.118 e. The van der Waals surface area contributed by atoms with Gasteiger partial charge in [-0.2, -0.15) is 5.10 Å². The minimum Gasteiger partial charge on any atom is -0.497 e. The fourth-order valence-corrected chi connectivity index (χ4v) is 1.64. The average Bonchev–Trinajstić information content (AvgIpc) is 2.72. The zero-order valence-electron chi connectivity index (χ0n) is 10.3. The molecule has 0 amide bonds. The Bertz CT molecular complexity index is 500. The molecule has 4 heteroatoms. The zero-order valence-corrected chi connectivity index (χ0v) is 10.3. The molecule has 0 saturated heterocycles. The largest absolute Gasteiger partial charge is 0.497 e. The lowest BCUT2D eigenvalue weighted by molar-refractivity contribution is 0.415. The Balaban J connectivity index is 2.38. The van der Waals surface area contributed by atoms with Gasteiger partial charge in [-0.1, -0.05) is 0 Å². The van der Waals surface area contributed by atoms with Crippen LogP contribution in [0, 0.1) is 0 Å². The first kappa shape index (κ1) is 11.5. The molecule has 17 heavy (non-hydrogen) atoms. The number of benzene rings is 1. The highest BCUT2D eigenvalue weighted by Gasteiger charge is 2.10. The Morgan fingerprint density at radius 3 is 2.35 bits per heavy atom. The van der Waals surface area contributed by atoms with Crippen LogP contribution in [0.5, 0.6) is 5.75 Å². The maximum atomic E-state index is 5.97. The minimum atomic E-state index is 0.310. The molecule has 1 heterocycles. The van der Waals surface area contributed by atoms with Crippen molar-refractivity contribution in [1.29, 1.82) is 0 Å². The first-order chi connectivity index (χ1) is 8.11. The lowest BCUT2D eigenvalue weighted by atomic mass is 10.1. The predicted octanol–water partition coefficient (Wildman–Crippen LogP) is 2.72. The van der Waals surface area contributed by atoms with Crippen molar-refractivity contribution < 1.29 is 4.74 Å². The number of anilines is 1. The molecule has 2 aromatic rings. The van der Waals surface area contributed by atoms with Crippen LogP contribution in [-0.4, -0.2) is 16.9 Å². The third kappa shape index (κ3) is 2.25. The number of aromatic nitrogens is 2. The second-order valence-corrected chi connectivity index (χ2v) is 4.24. The molecule has 4 nitrogen and oxygen atoms in total. The highest BCUT2D eigenvalue weighted by atomic mass is 16.5. The smallest absolute Gasteiger partial charge is 0.118 e. The van der Waals surface area contributed by atoms with E-state index in [0.717, 1.165) is 17.0 Å². The first-order valence-corrected chi connectivity index (χ1v) is 5.61. The molecule has 0 aliphatic carbocycles. The summed E-state index contributed by atoms with van der Waals surface area (Å²) in [7, 11) is 1.65. The number of nitrogens with two attached hydrogens (primary N) is 1. The van der Waals surface area contributed by atoms with Crippen LogP contribution >= 0.6 is 0 Å². The number of rotatable bonds is 3. The van der Waals surface area contributed by atoms with Crippen molar-refractivity contribution in [3.8, 4) is 17.0 Å². The quantitative estimate of drug-likeness (QED) is 0.883. The van der Waals surface area contributed by atoms with Crippen molar-refractivity contribution >= 4 is 5.69 Å².